The standard InChI is InChI=1S/C19H19N3O4/c23-18(14-26-13-15-5-2-1-3-6-15)12-21-10-9-20-19(21)16-7-4-8-17(11-16)22(24)25/h1-11,18,23H,12-14H2/t18-/m1/s1. The zero-order valence-corrected chi connectivity index (χ0v) is 14.1. The van der Waals surface area contributed by atoms with Crippen molar-refractivity contribution in [3.63, 3.8) is 0 Å². The van der Waals surface area contributed by atoms with Crippen molar-refractivity contribution in [2.75, 3.05) is 6.61 Å². The zero-order chi connectivity index (χ0) is 18.4. The maximum atomic E-state index is 10.9. The van der Waals surface area contributed by atoms with E-state index in [2.05, 4.69) is 4.98 Å². The van der Waals surface area contributed by atoms with Gasteiger partial charge in [0, 0.05) is 30.1 Å². The number of aromatic nitrogens is 2. The first-order chi connectivity index (χ1) is 12.6. The molecule has 0 saturated carbocycles. The van der Waals surface area contributed by atoms with Crippen LogP contribution in [0.5, 0.6) is 0 Å². The van der Waals surface area contributed by atoms with Crippen LogP contribution in [-0.2, 0) is 17.9 Å². The SMILES string of the molecule is O=[N+]([O-])c1cccc(-c2nccn2C[C@@H](O)COCc2ccccc2)c1. The lowest BCUT2D eigenvalue weighted by atomic mass is 10.2. The summed E-state index contributed by atoms with van der Waals surface area (Å²) >= 11 is 0. The number of rotatable bonds is 8. The molecule has 0 spiro atoms. The molecule has 0 saturated heterocycles. The van der Waals surface area contributed by atoms with E-state index >= 15 is 0 Å². The van der Waals surface area contributed by atoms with Crippen LogP contribution < -0.4 is 0 Å². The molecule has 2 aromatic carbocycles. The molecule has 0 amide bonds. The summed E-state index contributed by atoms with van der Waals surface area (Å²) in [6, 6.07) is 16.0. The van der Waals surface area contributed by atoms with Gasteiger partial charge in [0.15, 0.2) is 0 Å². The molecule has 1 aromatic heterocycles. The topological polar surface area (TPSA) is 90.4 Å². The lowest BCUT2D eigenvalue weighted by Crippen LogP contribution is -2.22. The summed E-state index contributed by atoms with van der Waals surface area (Å²) in [6.07, 6.45) is 2.62. The maximum Gasteiger partial charge on any atom is 0.270 e. The Kier molecular flexibility index (Phi) is 5.73. The van der Waals surface area contributed by atoms with Gasteiger partial charge in [0.05, 0.1) is 30.8 Å². The molecule has 0 aliphatic carbocycles. The minimum Gasteiger partial charge on any atom is -0.389 e. The number of nitro groups is 1. The Morgan fingerprint density at radius 3 is 2.77 bits per heavy atom. The van der Waals surface area contributed by atoms with Crippen LogP contribution >= 0.6 is 0 Å². The predicted molar refractivity (Wildman–Crippen MR) is 96.4 cm³/mol. The molecule has 26 heavy (non-hydrogen) atoms. The van der Waals surface area contributed by atoms with E-state index in [0.717, 1.165) is 5.56 Å². The van der Waals surface area contributed by atoms with Gasteiger partial charge < -0.3 is 14.4 Å². The molecule has 0 unspecified atom stereocenters. The van der Waals surface area contributed by atoms with Crippen molar-refractivity contribution in [2.45, 2.75) is 19.3 Å². The van der Waals surface area contributed by atoms with Crippen LogP contribution in [0.2, 0.25) is 0 Å². The molecule has 1 atom stereocenters. The van der Waals surface area contributed by atoms with E-state index in [0.29, 0.717) is 18.0 Å². The van der Waals surface area contributed by atoms with Crippen molar-refractivity contribution >= 4 is 5.69 Å². The van der Waals surface area contributed by atoms with Gasteiger partial charge in [-0.2, -0.15) is 0 Å². The summed E-state index contributed by atoms with van der Waals surface area (Å²) < 4.78 is 7.31. The van der Waals surface area contributed by atoms with Crippen LogP contribution in [0.3, 0.4) is 0 Å². The Balaban J connectivity index is 1.61. The molecule has 7 heteroatoms. The molecule has 0 fully saturated rings. The number of nitro benzene ring substituents is 1. The van der Waals surface area contributed by atoms with Gasteiger partial charge in [0.1, 0.15) is 5.82 Å². The molecule has 7 nitrogen and oxygen atoms in total. The van der Waals surface area contributed by atoms with Crippen LogP contribution in [0.1, 0.15) is 5.56 Å². The molecule has 0 aliphatic heterocycles. The molecule has 0 aliphatic rings. The summed E-state index contributed by atoms with van der Waals surface area (Å²) in [5.74, 6) is 0.566. The highest BCUT2D eigenvalue weighted by Crippen LogP contribution is 2.22. The van der Waals surface area contributed by atoms with E-state index in [1.807, 2.05) is 30.3 Å². The van der Waals surface area contributed by atoms with E-state index in [1.165, 1.54) is 12.1 Å². The van der Waals surface area contributed by atoms with Gasteiger partial charge in [-0.05, 0) is 5.56 Å². The molecular weight excluding hydrogens is 334 g/mol. The maximum absolute atomic E-state index is 10.9. The molecule has 1 N–H and O–H groups in total. The van der Waals surface area contributed by atoms with Gasteiger partial charge in [0.25, 0.3) is 5.69 Å². The summed E-state index contributed by atoms with van der Waals surface area (Å²) in [4.78, 5) is 14.8. The largest absolute Gasteiger partial charge is 0.389 e. The number of hydrogen-bond donors (Lipinski definition) is 1. The van der Waals surface area contributed by atoms with E-state index < -0.39 is 11.0 Å². The average Bonchev–Trinajstić information content (AvgIpc) is 3.10. The highest BCUT2D eigenvalue weighted by atomic mass is 16.6. The van der Waals surface area contributed by atoms with Gasteiger partial charge >= 0.3 is 0 Å². The van der Waals surface area contributed by atoms with Crippen LogP contribution in [0.15, 0.2) is 67.0 Å². The molecule has 134 valence electrons. The summed E-state index contributed by atoms with van der Waals surface area (Å²) in [7, 11) is 0. The van der Waals surface area contributed by atoms with Crippen LogP contribution in [0.25, 0.3) is 11.4 Å². The zero-order valence-electron chi connectivity index (χ0n) is 14.1. The van der Waals surface area contributed by atoms with Gasteiger partial charge in [-0.3, -0.25) is 10.1 Å². The van der Waals surface area contributed by atoms with E-state index in [9.17, 15) is 15.2 Å². The van der Waals surface area contributed by atoms with Gasteiger partial charge in [-0.25, -0.2) is 4.98 Å². The number of hydrogen-bond acceptors (Lipinski definition) is 5. The van der Waals surface area contributed by atoms with Crippen LogP contribution in [0.4, 0.5) is 5.69 Å². The fraction of sp³-hybridized carbons (Fsp3) is 0.211. The lowest BCUT2D eigenvalue weighted by Gasteiger charge is -2.14. The third-order valence-corrected chi connectivity index (χ3v) is 3.86. The van der Waals surface area contributed by atoms with Crippen molar-refractivity contribution in [3.8, 4) is 11.4 Å². The highest BCUT2D eigenvalue weighted by Gasteiger charge is 2.13. The molecule has 0 radical (unpaired) electrons. The number of nitrogens with zero attached hydrogens (tertiary/aromatic N) is 3. The van der Waals surface area contributed by atoms with E-state index in [-0.39, 0.29) is 18.8 Å². The quantitative estimate of drug-likeness (QED) is 0.496. The predicted octanol–water partition coefficient (Wildman–Crippen LogP) is 3.04. The van der Waals surface area contributed by atoms with Crippen molar-refractivity contribution < 1.29 is 14.8 Å². The highest BCUT2D eigenvalue weighted by molar-refractivity contribution is 5.59. The van der Waals surface area contributed by atoms with Crippen LogP contribution in [0, 0.1) is 10.1 Å². The Morgan fingerprint density at radius 1 is 1.19 bits per heavy atom. The van der Waals surface area contributed by atoms with Crippen molar-refractivity contribution in [2.24, 2.45) is 0 Å². The summed E-state index contributed by atoms with van der Waals surface area (Å²) in [6.45, 7) is 0.897. The van der Waals surface area contributed by atoms with Crippen molar-refractivity contribution in [1.82, 2.24) is 9.55 Å². The molecular formula is C19H19N3O4. The van der Waals surface area contributed by atoms with Crippen molar-refractivity contribution in [3.05, 3.63) is 82.7 Å². The number of benzene rings is 2. The molecule has 1 heterocycles. The first kappa shape index (κ1) is 17.8. The minimum atomic E-state index is -0.717. The Morgan fingerprint density at radius 2 is 2.00 bits per heavy atom. The second-order valence-electron chi connectivity index (χ2n) is 5.87. The third kappa shape index (κ3) is 4.53. The third-order valence-electron chi connectivity index (χ3n) is 3.86. The first-order valence-corrected chi connectivity index (χ1v) is 8.19. The van der Waals surface area contributed by atoms with E-state index in [4.69, 9.17) is 4.74 Å². The smallest absolute Gasteiger partial charge is 0.270 e. The fourth-order valence-electron chi connectivity index (χ4n) is 2.64. The molecule has 0 bridgehead atoms. The number of ether oxygens (including phenoxy) is 1. The Bertz CT molecular complexity index is 864. The van der Waals surface area contributed by atoms with E-state index in [1.54, 1.807) is 29.1 Å². The number of imidazole rings is 1. The molecule has 3 rings (SSSR count). The van der Waals surface area contributed by atoms with Gasteiger partial charge in [0.2, 0.25) is 0 Å². The first-order valence-electron chi connectivity index (χ1n) is 8.19. The lowest BCUT2D eigenvalue weighted by molar-refractivity contribution is -0.384. The Labute approximate surface area is 150 Å². The average molecular weight is 353 g/mol. The fourth-order valence-corrected chi connectivity index (χ4v) is 2.64. The normalized spacial score (nSPS) is 12.0. The monoisotopic (exact) mass is 353 g/mol. The van der Waals surface area contributed by atoms with Gasteiger partial charge in [-0.1, -0.05) is 42.5 Å². The Hall–Kier alpha value is -3.03. The second kappa shape index (κ2) is 8.37. The van der Waals surface area contributed by atoms with Gasteiger partial charge in [-0.15, -0.1) is 0 Å². The minimum absolute atomic E-state index is 0.00351. The number of aliphatic hydroxyl groups excluding tert-OH is 1. The van der Waals surface area contributed by atoms with Crippen LogP contribution in [-0.4, -0.2) is 32.3 Å². The van der Waals surface area contributed by atoms with Crippen molar-refractivity contribution in [1.29, 1.82) is 0 Å². The summed E-state index contributed by atoms with van der Waals surface area (Å²) in [5, 5.41) is 21.2. The number of aliphatic hydroxyl groups is 1. The molecule has 3 aromatic rings. The number of non-ortho nitro benzene ring substituents is 1. The second-order valence-corrected chi connectivity index (χ2v) is 5.87. The summed E-state index contributed by atoms with van der Waals surface area (Å²) in [5.41, 5.74) is 1.67.